The van der Waals surface area contributed by atoms with E-state index in [1.807, 2.05) is 0 Å². The molecule has 0 fully saturated rings. The Balaban J connectivity index is 1.97. The van der Waals surface area contributed by atoms with Crippen molar-refractivity contribution >= 4 is 16.7 Å². The maximum atomic E-state index is 13.6. The monoisotopic (exact) mass is 289 g/mol. The summed E-state index contributed by atoms with van der Waals surface area (Å²) < 4.78 is 41.8. The topological polar surface area (TPSA) is 22.0 Å². The number of fused-ring (bicyclic) bond motifs is 1. The molecule has 0 spiro atoms. The van der Waals surface area contributed by atoms with E-state index in [9.17, 15) is 18.0 Å². The lowest BCUT2D eigenvalue weighted by Gasteiger charge is -2.07. The van der Waals surface area contributed by atoms with Gasteiger partial charge in [-0.05, 0) is 36.4 Å². The van der Waals surface area contributed by atoms with Gasteiger partial charge in [-0.3, -0.25) is 4.79 Å². The number of aromatic nitrogens is 1. The molecule has 3 rings (SSSR count). The van der Waals surface area contributed by atoms with Gasteiger partial charge < -0.3 is 4.57 Å². The van der Waals surface area contributed by atoms with Crippen molar-refractivity contribution < 1.29 is 18.0 Å². The highest BCUT2D eigenvalue weighted by atomic mass is 19.1. The minimum absolute atomic E-state index is 0.215. The van der Waals surface area contributed by atoms with Gasteiger partial charge in [0, 0.05) is 17.1 Å². The third kappa shape index (κ3) is 2.42. The van der Waals surface area contributed by atoms with Gasteiger partial charge in [-0.1, -0.05) is 6.07 Å². The predicted octanol–water partition coefficient (Wildman–Crippen LogP) is 3.94. The highest BCUT2D eigenvalue weighted by Gasteiger charge is 2.17. The average Bonchev–Trinajstić information content (AvgIpc) is 2.80. The largest absolute Gasteiger partial charge is 0.340 e. The number of carbonyl (C=O) groups excluding carboxylic acids is 1. The summed E-state index contributed by atoms with van der Waals surface area (Å²) in [4.78, 5) is 12.1. The van der Waals surface area contributed by atoms with Gasteiger partial charge in [0.2, 0.25) is 0 Å². The van der Waals surface area contributed by atoms with Crippen molar-refractivity contribution in [2.75, 3.05) is 0 Å². The van der Waals surface area contributed by atoms with Gasteiger partial charge >= 0.3 is 0 Å². The summed E-state index contributed by atoms with van der Waals surface area (Å²) in [6.07, 6.45) is 1.58. The van der Waals surface area contributed by atoms with E-state index in [-0.39, 0.29) is 12.4 Å². The number of benzene rings is 2. The Hall–Kier alpha value is -2.56. The minimum Gasteiger partial charge on any atom is -0.340 e. The molecule has 5 heteroatoms. The molecule has 1 aromatic heterocycles. The molecule has 0 amide bonds. The van der Waals surface area contributed by atoms with Gasteiger partial charge in [-0.15, -0.1) is 0 Å². The third-order valence-electron chi connectivity index (χ3n) is 3.29. The number of Topliss-reactive ketones (excluding diaryl/α,β-unsaturated/α-hetero) is 1. The summed E-state index contributed by atoms with van der Waals surface area (Å²) in [5.74, 6) is -2.83. The standard InChI is InChI=1S/C16H10F3NO/c17-11-4-5-14-10(8-11)6-7-20(14)9-15(21)16-12(18)2-1-3-13(16)19/h1-8H,9H2. The highest BCUT2D eigenvalue weighted by Crippen LogP contribution is 2.19. The van der Waals surface area contributed by atoms with E-state index in [0.29, 0.717) is 10.9 Å². The normalized spacial score (nSPS) is 11.0. The Morgan fingerprint density at radius 3 is 2.43 bits per heavy atom. The number of carbonyl (C=O) groups is 1. The van der Waals surface area contributed by atoms with E-state index in [0.717, 1.165) is 12.1 Å². The van der Waals surface area contributed by atoms with E-state index in [4.69, 9.17) is 0 Å². The van der Waals surface area contributed by atoms with Crippen molar-refractivity contribution in [3.05, 3.63) is 71.7 Å². The lowest BCUT2D eigenvalue weighted by atomic mass is 10.1. The minimum atomic E-state index is -0.887. The number of halogens is 3. The fraction of sp³-hybridized carbons (Fsp3) is 0.0625. The zero-order valence-electron chi connectivity index (χ0n) is 10.8. The van der Waals surface area contributed by atoms with Gasteiger partial charge in [-0.2, -0.15) is 0 Å². The molecule has 0 unspecified atom stereocenters. The molecule has 0 bridgehead atoms. The Bertz CT molecular complexity index is 818. The van der Waals surface area contributed by atoms with Gasteiger partial charge in [-0.25, -0.2) is 13.2 Å². The molecular formula is C16H10F3NO. The third-order valence-corrected chi connectivity index (χ3v) is 3.29. The number of hydrogen-bond donors (Lipinski definition) is 0. The van der Waals surface area contributed by atoms with Crippen LogP contribution in [0.2, 0.25) is 0 Å². The van der Waals surface area contributed by atoms with E-state index in [1.54, 1.807) is 12.3 Å². The van der Waals surface area contributed by atoms with Crippen LogP contribution in [0.25, 0.3) is 10.9 Å². The van der Waals surface area contributed by atoms with Crippen molar-refractivity contribution in [2.24, 2.45) is 0 Å². The Morgan fingerprint density at radius 1 is 1.00 bits per heavy atom. The summed E-state index contributed by atoms with van der Waals surface area (Å²) in [6.45, 7) is -0.215. The fourth-order valence-electron chi connectivity index (χ4n) is 2.31. The summed E-state index contributed by atoms with van der Waals surface area (Å²) >= 11 is 0. The number of ketones is 1. The maximum absolute atomic E-state index is 13.6. The Kier molecular flexibility index (Phi) is 3.25. The number of hydrogen-bond acceptors (Lipinski definition) is 1. The zero-order valence-corrected chi connectivity index (χ0v) is 10.8. The summed E-state index contributed by atoms with van der Waals surface area (Å²) in [6, 6.07) is 9.06. The van der Waals surface area contributed by atoms with Crippen LogP contribution in [0.1, 0.15) is 10.4 Å². The second-order valence-electron chi connectivity index (χ2n) is 4.67. The highest BCUT2D eigenvalue weighted by molar-refractivity contribution is 5.97. The first-order chi connectivity index (χ1) is 10.1. The molecule has 0 aliphatic rings. The number of rotatable bonds is 3. The van der Waals surface area contributed by atoms with Crippen LogP contribution in [-0.4, -0.2) is 10.4 Å². The number of nitrogens with zero attached hydrogens (tertiary/aromatic N) is 1. The van der Waals surface area contributed by atoms with E-state index < -0.39 is 23.0 Å². The fourth-order valence-corrected chi connectivity index (χ4v) is 2.31. The van der Waals surface area contributed by atoms with Crippen LogP contribution in [0, 0.1) is 17.5 Å². The van der Waals surface area contributed by atoms with E-state index in [2.05, 4.69) is 0 Å². The first kappa shape index (κ1) is 13.4. The smallest absolute Gasteiger partial charge is 0.188 e. The van der Waals surface area contributed by atoms with Crippen molar-refractivity contribution in [2.45, 2.75) is 6.54 Å². The lowest BCUT2D eigenvalue weighted by molar-refractivity contribution is 0.0965. The second-order valence-corrected chi connectivity index (χ2v) is 4.67. The Labute approximate surface area is 118 Å². The van der Waals surface area contributed by atoms with Crippen LogP contribution in [0.5, 0.6) is 0 Å². The van der Waals surface area contributed by atoms with Crippen LogP contribution in [0.4, 0.5) is 13.2 Å². The van der Waals surface area contributed by atoms with E-state index >= 15 is 0 Å². The molecule has 1 heterocycles. The van der Waals surface area contributed by atoms with Gasteiger partial charge in [0.05, 0.1) is 12.1 Å². The van der Waals surface area contributed by atoms with Crippen molar-refractivity contribution in [1.82, 2.24) is 4.57 Å². The Morgan fingerprint density at radius 2 is 1.71 bits per heavy atom. The van der Waals surface area contributed by atoms with Crippen LogP contribution >= 0.6 is 0 Å². The summed E-state index contributed by atoms with van der Waals surface area (Å²) in [5, 5.41) is 0.622. The molecule has 0 atom stereocenters. The molecule has 0 saturated carbocycles. The maximum Gasteiger partial charge on any atom is 0.188 e. The van der Waals surface area contributed by atoms with Crippen LogP contribution in [0.15, 0.2) is 48.7 Å². The quantitative estimate of drug-likeness (QED) is 0.669. The van der Waals surface area contributed by atoms with E-state index in [1.165, 1.54) is 28.8 Å². The lowest BCUT2D eigenvalue weighted by Crippen LogP contribution is -2.13. The molecule has 0 aliphatic heterocycles. The van der Waals surface area contributed by atoms with Crippen molar-refractivity contribution in [1.29, 1.82) is 0 Å². The van der Waals surface area contributed by atoms with Gasteiger partial charge in [0.25, 0.3) is 0 Å². The van der Waals surface area contributed by atoms with Crippen LogP contribution < -0.4 is 0 Å². The van der Waals surface area contributed by atoms with Crippen molar-refractivity contribution in [3.8, 4) is 0 Å². The van der Waals surface area contributed by atoms with Crippen LogP contribution in [-0.2, 0) is 6.54 Å². The molecule has 0 radical (unpaired) electrons. The second kappa shape index (κ2) is 5.09. The first-order valence-corrected chi connectivity index (χ1v) is 6.28. The average molecular weight is 289 g/mol. The molecule has 2 nitrogen and oxygen atoms in total. The van der Waals surface area contributed by atoms with Crippen LogP contribution in [0.3, 0.4) is 0 Å². The first-order valence-electron chi connectivity index (χ1n) is 6.28. The molecule has 3 aromatic rings. The van der Waals surface area contributed by atoms with Gasteiger partial charge in [0.1, 0.15) is 17.5 Å². The molecule has 0 N–H and O–H groups in total. The molecule has 0 saturated heterocycles. The summed E-state index contributed by atoms with van der Waals surface area (Å²) in [5.41, 5.74) is 0.0722. The predicted molar refractivity (Wildman–Crippen MR) is 72.6 cm³/mol. The summed E-state index contributed by atoms with van der Waals surface area (Å²) in [7, 11) is 0. The molecular weight excluding hydrogens is 279 g/mol. The molecule has 0 aliphatic carbocycles. The molecule has 21 heavy (non-hydrogen) atoms. The zero-order chi connectivity index (χ0) is 15.0. The molecule has 106 valence electrons. The molecule has 2 aromatic carbocycles. The van der Waals surface area contributed by atoms with Crippen molar-refractivity contribution in [3.63, 3.8) is 0 Å². The van der Waals surface area contributed by atoms with Gasteiger partial charge in [0.15, 0.2) is 5.78 Å². The SMILES string of the molecule is O=C(Cn1ccc2cc(F)ccc21)c1c(F)cccc1F.